The lowest BCUT2D eigenvalue weighted by Crippen LogP contribution is -2.55. The zero-order valence-electron chi connectivity index (χ0n) is 12.5. The van der Waals surface area contributed by atoms with Crippen LogP contribution in [0.15, 0.2) is 0 Å². The summed E-state index contributed by atoms with van der Waals surface area (Å²) in [5, 5.41) is 3.71. The van der Waals surface area contributed by atoms with Gasteiger partial charge < -0.3 is 5.32 Å². The van der Waals surface area contributed by atoms with Crippen molar-refractivity contribution in [1.29, 1.82) is 0 Å². The van der Waals surface area contributed by atoms with E-state index in [0.717, 1.165) is 18.5 Å². The quantitative estimate of drug-likeness (QED) is 0.766. The SMILES string of the molecule is CCNC1CCC(CC)CC1N(CC)C(C)C. The predicted octanol–water partition coefficient (Wildman–Crippen LogP) is 3.27. The Morgan fingerprint density at radius 2 is 1.88 bits per heavy atom. The van der Waals surface area contributed by atoms with E-state index in [1.54, 1.807) is 0 Å². The van der Waals surface area contributed by atoms with Gasteiger partial charge in [0.1, 0.15) is 0 Å². The van der Waals surface area contributed by atoms with Gasteiger partial charge in [-0.3, -0.25) is 4.90 Å². The van der Waals surface area contributed by atoms with Crippen molar-refractivity contribution in [3.8, 4) is 0 Å². The number of nitrogens with one attached hydrogen (secondary N) is 1. The number of likely N-dealkylation sites (N-methyl/N-ethyl adjacent to an activating group) is 2. The van der Waals surface area contributed by atoms with Crippen LogP contribution in [0.4, 0.5) is 0 Å². The zero-order valence-corrected chi connectivity index (χ0v) is 12.5. The Morgan fingerprint density at radius 3 is 2.35 bits per heavy atom. The van der Waals surface area contributed by atoms with Gasteiger partial charge in [-0.1, -0.05) is 27.2 Å². The molecule has 17 heavy (non-hydrogen) atoms. The summed E-state index contributed by atoms with van der Waals surface area (Å²) in [7, 11) is 0. The first-order chi connectivity index (χ1) is 8.13. The van der Waals surface area contributed by atoms with E-state index in [9.17, 15) is 0 Å². The normalized spacial score (nSPS) is 30.2. The zero-order chi connectivity index (χ0) is 12.8. The van der Waals surface area contributed by atoms with Crippen LogP contribution in [0.2, 0.25) is 0 Å². The molecule has 0 amide bonds. The molecule has 1 N–H and O–H groups in total. The van der Waals surface area contributed by atoms with E-state index in [0.29, 0.717) is 12.1 Å². The van der Waals surface area contributed by atoms with Crippen molar-refractivity contribution in [2.75, 3.05) is 13.1 Å². The first-order valence-electron chi connectivity index (χ1n) is 7.63. The minimum Gasteiger partial charge on any atom is -0.313 e. The fraction of sp³-hybridized carbons (Fsp3) is 1.00. The predicted molar refractivity (Wildman–Crippen MR) is 76.4 cm³/mol. The minimum atomic E-state index is 0.668. The van der Waals surface area contributed by atoms with Crippen LogP contribution in [0.3, 0.4) is 0 Å². The second-order valence-corrected chi connectivity index (χ2v) is 5.74. The van der Waals surface area contributed by atoms with Crippen molar-refractivity contribution < 1.29 is 0 Å². The van der Waals surface area contributed by atoms with E-state index >= 15 is 0 Å². The summed E-state index contributed by atoms with van der Waals surface area (Å²) in [6.45, 7) is 13.8. The van der Waals surface area contributed by atoms with Crippen LogP contribution in [-0.2, 0) is 0 Å². The molecule has 1 fully saturated rings. The summed E-state index contributed by atoms with van der Waals surface area (Å²) in [6, 6.07) is 2.13. The molecule has 0 spiro atoms. The molecule has 0 saturated heterocycles. The van der Waals surface area contributed by atoms with Gasteiger partial charge in [0, 0.05) is 18.1 Å². The van der Waals surface area contributed by atoms with E-state index in [2.05, 4.69) is 44.8 Å². The lowest BCUT2D eigenvalue weighted by Gasteiger charge is -2.44. The molecule has 0 aliphatic heterocycles. The molecular formula is C15H32N2. The lowest BCUT2D eigenvalue weighted by molar-refractivity contribution is 0.0757. The maximum Gasteiger partial charge on any atom is 0.0254 e. The summed E-state index contributed by atoms with van der Waals surface area (Å²) in [4.78, 5) is 2.69. The van der Waals surface area contributed by atoms with Gasteiger partial charge in [0.2, 0.25) is 0 Å². The van der Waals surface area contributed by atoms with Crippen LogP contribution in [0.1, 0.15) is 60.3 Å². The smallest absolute Gasteiger partial charge is 0.0254 e. The second-order valence-electron chi connectivity index (χ2n) is 5.74. The van der Waals surface area contributed by atoms with Crippen LogP contribution in [0, 0.1) is 5.92 Å². The molecule has 0 aromatic heterocycles. The molecule has 0 aromatic carbocycles. The minimum absolute atomic E-state index is 0.668. The van der Waals surface area contributed by atoms with Crippen LogP contribution < -0.4 is 5.32 Å². The first-order valence-corrected chi connectivity index (χ1v) is 7.63. The van der Waals surface area contributed by atoms with Crippen LogP contribution >= 0.6 is 0 Å². The molecule has 1 rings (SSSR count). The fourth-order valence-electron chi connectivity index (χ4n) is 3.45. The third kappa shape index (κ3) is 3.96. The van der Waals surface area contributed by atoms with Gasteiger partial charge in [-0.2, -0.15) is 0 Å². The molecule has 3 unspecified atom stereocenters. The monoisotopic (exact) mass is 240 g/mol. The molecule has 1 aliphatic carbocycles. The molecule has 0 bridgehead atoms. The Balaban J connectivity index is 2.71. The van der Waals surface area contributed by atoms with Gasteiger partial charge in [-0.25, -0.2) is 0 Å². The molecule has 0 aromatic rings. The van der Waals surface area contributed by atoms with Gasteiger partial charge in [0.25, 0.3) is 0 Å². The Morgan fingerprint density at radius 1 is 1.18 bits per heavy atom. The van der Waals surface area contributed by atoms with Crippen molar-refractivity contribution in [2.24, 2.45) is 5.92 Å². The molecule has 1 aliphatic rings. The third-order valence-corrected chi connectivity index (χ3v) is 4.42. The molecular weight excluding hydrogens is 208 g/mol. The number of hydrogen-bond acceptors (Lipinski definition) is 2. The van der Waals surface area contributed by atoms with Gasteiger partial charge in [-0.15, -0.1) is 0 Å². The molecule has 3 atom stereocenters. The average molecular weight is 240 g/mol. The molecule has 0 heterocycles. The van der Waals surface area contributed by atoms with Crippen molar-refractivity contribution >= 4 is 0 Å². The Hall–Kier alpha value is -0.0800. The summed E-state index contributed by atoms with van der Waals surface area (Å²) in [5.41, 5.74) is 0. The molecule has 0 radical (unpaired) electrons. The standard InChI is InChI=1S/C15H32N2/c1-6-13-9-10-14(16-7-2)15(11-13)17(8-3)12(4)5/h12-16H,6-11H2,1-5H3. The Kier molecular flexibility index (Phi) is 6.50. The van der Waals surface area contributed by atoms with Gasteiger partial charge >= 0.3 is 0 Å². The molecule has 1 saturated carbocycles. The topological polar surface area (TPSA) is 15.3 Å². The van der Waals surface area contributed by atoms with Crippen LogP contribution in [0.25, 0.3) is 0 Å². The van der Waals surface area contributed by atoms with E-state index in [1.165, 1.54) is 32.2 Å². The fourth-order valence-corrected chi connectivity index (χ4v) is 3.45. The highest BCUT2D eigenvalue weighted by Gasteiger charge is 2.33. The number of nitrogens with zero attached hydrogens (tertiary/aromatic N) is 1. The highest BCUT2D eigenvalue weighted by molar-refractivity contribution is 4.91. The maximum absolute atomic E-state index is 3.71. The molecule has 2 nitrogen and oxygen atoms in total. The second kappa shape index (κ2) is 7.38. The maximum atomic E-state index is 3.71. The van der Waals surface area contributed by atoms with Crippen molar-refractivity contribution in [3.63, 3.8) is 0 Å². The van der Waals surface area contributed by atoms with E-state index in [-0.39, 0.29) is 0 Å². The van der Waals surface area contributed by atoms with Gasteiger partial charge in [0.05, 0.1) is 0 Å². The van der Waals surface area contributed by atoms with E-state index in [4.69, 9.17) is 0 Å². The highest BCUT2D eigenvalue weighted by atomic mass is 15.2. The van der Waals surface area contributed by atoms with Gasteiger partial charge in [0.15, 0.2) is 0 Å². The summed E-state index contributed by atoms with van der Waals surface area (Å²) in [5.74, 6) is 0.947. The summed E-state index contributed by atoms with van der Waals surface area (Å²) < 4.78 is 0. The van der Waals surface area contributed by atoms with Crippen molar-refractivity contribution in [3.05, 3.63) is 0 Å². The van der Waals surface area contributed by atoms with E-state index < -0.39 is 0 Å². The highest BCUT2D eigenvalue weighted by Crippen LogP contribution is 2.31. The largest absolute Gasteiger partial charge is 0.313 e. The van der Waals surface area contributed by atoms with Crippen molar-refractivity contribution in [2.45, 2.75) is 78.4 Å². The Bertz CT molecular complexity index is 203. The first kappa shape index (κ1) is 15.0. The summed E-state index contributed by atoms with van der Waals surface area (Å²) >= 11 is 0. The Labute approximate surface area is 108 Å². The van der Waals surface area contributed by atoms with Crippen LogP contribution in [-0.4, -0.2) is 36.1 Å². The number of rotatable bonds is 6. The van der Waals surface area contributed by atoms with E-state index in [1.807, 2.05) is 0 Å². The number of hydrogen-bond donors (Lipinski definition) is 1. The van der Waals surface area contributed by atoms with Crippen LogP contribution in [0.5, 0.6) is 0 Å². The lowest BCUT2D eigenvalue weighted by atomic mass is 9.80. The molecule has 2 heteroatoms. The van der Waals surface area contributed by atoms with Crippen molar-refractivity contribution in [1.82, 2.24) is 10.2 Å². The summed E-state index contributed by atoms with van der Waals surface area (Å²) in [6.07, 6.45) is 5.52. The molecule has 102 valence electrons. The average Bonchev–Trinajstić information content (AvgIpc) is 2.31. The third-order valence-electron chi connectivity index (χ3n) is 4.42. The van der Waals surface area contributed by atoms with Gasteiger partial charge in [-0.05, 0) is 52.1 Å².